The Morgan fingerprint density at radius 1 is 1.18 bits per heavy atom. The molecule has 1 saturated carbocycles. The van der Waals surface area contributed by atoms with Crippen LogP contribution in [0.3, 0.4) is 0 Å². The van der Waals surface area contributed by atoms with Gasteiger partial charge in [0.05, 0.1) is 30.8 Å². The maximum atomic E-state index is 12.6. The zero-order valence-electron chi connectivity index (χ0n) is 18.9. The third-order valence-electron chi connectivity index (χ3n) is 6.27. The number of carbonyl (C=O) groups is 2. The van der Waals surface area contributed by atoms with E-state index in [1.54, 1.807) is 37.6 Å². The first kappa shape index (κ1) is 21.8. The van der Waals surface area contributed by atoms with Gasteiger partial charge in [0.15, 0.2) is 11.5 Å². The van der Waals surface area contributed by atoms with Gasteiger partial charge in [0.1, 0.15) is 5.82 Å². The third-order valence-corrected chi connectivity index (χ3v) is 6.27. The van der Waals surface area contributed by atoms with Gasteiger partial charge in [-0.3, -0.25) is 4.90 Å². The summed E-state index contributed by atoms with van der Waals surface area (Å²) in [5, 5.41) is 12.6. The molecule has 1 aliphatic carbocycles. The maximum Gasteiger partial charge on any atom is 0.417 e. The number of amides is 2. The van der Waals surface area contributed by atoms with E-state index in [4.69, 9.17) is 9.47 Å². The summed E-state index contributed by atoms with van der Waals surface area (Å²) in [6, 6.07) is 12.4. The van der Waals surface area contributed by atoms with E-state index in [0.29, 0.717) is 29.1 Å². The molecule has 0 unspecified atom stereocenters. The number of carbonyl (C=O) groups excluding carboxylic acids is 1. The van der Waals surface area contributed by atoms with Crippen LogP contribution < -0.4 is 14.8 Å². The molecule has 176 valence electrons. The highest BCUT2D eigenvalue weighted by atomic mass is 16.5. The van der Waals surface area contributed by atoms with Crippen molar-refractivity contribution < 1.29 is 24.2 Å². The van der Waals surface area contributed by atoms with Crippen molar-refractivity contribution in [3.05, 3.63) is 60.1 Å². The van der Waals surface area contributed by atoms with Gasteiger partial charge in [0.25, 0.3) is 0 Å². The average Bonchev–Trinajstić information content (AvgIpc) is 3.47. The van der Waals surface area contributed by atoms with Crippen LogP contribution in [-0.4, -0.2) is 51.4 Å². The fourth-order valence-electron chi connectivity index (χ4n) is 4.56. The van der Waals surface area contributed by atoms with E-state index >= 15 is 0 Å². The first-order chi connectivity index (χ1) is 16.5. The van der Waals surface area contributed by atoms with Crippen molar-refractivity contribution in [3.63, 3.8) is 0 Å². The summed E-state index contributed by atoms with van der Waals surface area (Å²) in [5.41, 5.74) is 2.81. The van der Waals surface area contributed by atoms with E-state index in [-0.39, 0.29) is 24.5 Å². The van der Waals surface area contributed by atoms with Gasteiger partial charge in [-0.1, -0.05) is 18.2 Å². The summed E-state index contributed by atoms with van der Waals surface area (Å²) in [6.07, 6.45) is 5.18. The Labute approximate surface area is 196 Å². The number of fused-ring (bicyclic) bond motifs is 1. The highest BCUT2D eigenvalue weighted by Crippen LogP contribution is 2.34. The largest absolute Gasteiger partial charge is 0.493 e. The number of hydrogen-bond donors (Lipinski definition) is 2. The van der Waals surface area contributed by atoms with E-state index in [0.717, 1.165) is 28.5 Å². The van der Waals surface area contributed by atoms with Gasteiger partial charge in [-0.25, -0.2) is 19.1 Å². The normalized spacial score (nSPS) is 16.4. The van der Waals surface area contributed by atoms with E-state index in [1.807, 2.05) is 18.2 Å². The highest BCUT2D eigenvalue weighted by Gasteiger charge is 2.25. The topological polar surface area (TPSA) is 106 Å². The number of aromatic nitrogens is 2. The fraction of sp³-hybridized carbons (Fsp3) is 0.320. The molecular formula is C25H26N4O5. The maximum absolute atomic E-state index is 12.6. The number of nitrogens with zero attached hydrogens (tertiary/aromatic N) is 3. The predicted molar refractivity (Wildman–Crippen MR) is 126 cm³/mol. The van der Waals surface area contributed by atoms with Crippen LogP contribution in [-0.2, 0) is 6.54 Å². The number of nitrogens with one attached hydrogen (secondary N) is 1. The summed E-state index contributed by atoms with van der Waals surface area (Å²) in [7, 11) is 1.62. The predicted octanol–water partition coefficient (Wildman–Crippen LogP) is 4.46. The summed E-state index contributed by atoms with van der Waals surface area (Å²) in [4.78, 5) is 30.4. The van der Waals surface area contributed by atoms with Gasteiger partial charge in [0, 0.05) is 12.7 Å². The smallest absolute Gasteiger partial charge is 0.417 e. The van der Waals surface area contributed by atoms with Gasteiger partial charge < -0.3 is 19.9 Å². The molecule has 2 N–H and O–H groups in total. The minimum Gasteiger partial charge on any atom is -0.493 e. The minimum absolute atomic E-state index is 0.0118. The SMILES string of the molecule is COc1ccc(C2=CN(Cc3nc4ccccc4n3C(=O)O)C(=O)NC2)cc1OC1CCCC1. The van der Waals surface area contributed by atoms with Crippen LogP contribution in [0.5, 0.6) is 11.5 Å². The zero-order valence-corrected chi connectivity index (χ0v) is 18.9. The Hall–Kier alpha value is -4.01. The fourth-order valence-corrected chi connectivity index (χ4v) is 4.56. The van der Waals surface area contributed by atoms with E-state index in [9.17, 15) is 14.7 Å². The number of para-hydroxylation sites is 2. The second-order valence-electron chi connectivity index (χ2n) is 8.47. The Balaban J connectivity index is 1.45. The van der Waals surface area contributed by atoms with E-state index in [2.05, 4.69) is 10.3 Å². The van der Waals surface area contributed by atoms with Crippen LogP contribution in [0.1, 0.15) is 37.1 Å². The molecule has 34 heavy (non-hydrogen) atoms. The van der Waals surface area contributed by atoms with Crippen LogP contribution in [0.25, 0.3) is 16.6 Å². The van der Waals surface area contributed by atoms with E-state index < -0.39 is 6.09 Å². The summed E-state index contributed by atoms with van der Waals surface area (Å²) >= 11 is 0. The number of imidazole rings is 1. The van der Waals surface area contributed by atoms with Crippen molar-refractivity contribution in [1.82, 2.24) is 19.8 Å². The zero-order chi connectivity index (χ0) is 23.7. The summed E-state index contributed by atoms with van der Waals surface area (Å²) < 4.78 is 12.8. The summed E-state index contributed by atoms with van der Waals surface area (Å²) in [6.45, 7) is 0.359. The second-order valence-corrected chi connectivity index (χ2v) is 8.47. The molecule has 2 heterocycles. The lowest BCUT2D eigenvalue weighted by atomic mass is 10.0. The van der Waals surface area contributed by atoms with Crippen LogP contribution in [0.15, 0.2) is 48.7 Å². The minimum atomic E-state index is -1.14. The molecular weight excluding hydrogens is 436 g/mol. The lowest BCUT2D eigenvalue weighted by molar-refractivity contribution is 0.193. The molecule has 0 spiro atoms. The number of carboxylic acid groups (broad SMARTS) is 1. The molecule has 2 aromatic carbocycles. The Morgan fingerprint density at radius 3 is 2.74 bits per heavy atom. The number of rotatable bonds is 6. The second kappa shape index (κ2) is 9.09. The van der Waals surface area contributed by atoms with Crippen LogP contribution >= 0.6 is 0 Å². The molecule has 0 bridgehead atoms. The molecule has 1 aliphatic heterocycles. The lowest BCUT2D eigenvalue weighted by Gasteiger charge is -2.26. The number of urea groups is 1. The van der Waals surface area contributed by atoms with Crippen molar-refractivity contribution >= 4 is 28.7 Å². The number of methoxy groups -OCH3 is 1. The molecule has 9 nitrogen and oxygen atoms in total. The number of hydrogen-bond acceptors (Lipinski definition) is 5. The van der Waals surface area contributed by atoms with Crippen molar-refractivity contribution in [2.24, 2.45) is 0 Å². The average molecular weight is 463 g/mol. The van der Waals surface area contributed by atoms with Gasteiger partial charge >= 0.3 is 12.1 Å². The molecule has 9 heteroatoms. The van der Waals surface area contributed by atoms with Crippen molar-refractivity contribution in [1.29, 1.82) is 0 Å². The molecule has 3 aromatic rings. The van der Waals surface area contributed by atoms with Gasteiger partial charge in [0.2, 0.25) is 0 Å². The Bertz CT molecular complexity index is 1280. The first-order valence-electron chi connectivity index (χ1n) is 11.3. The standard InChI is InChI=1S/C25H26N4O5/c1-33-21-11-10-16(12-22(21)34-18-6-2-3-7-18)17-13-26-24(30)28(14-17)15-23-27-19-8-4-5-9-20(19)29(23)25(31)32/h4-5,8-12,14,18H,2-3,6-7,13,15H2,1H3,(H,26,30)(H,31,32). The molecule has 1 fully saturated rings. The van der Waals surface area contributed by atoms with Gasteiger partial charge in [-0.15, -0.1) is 0 Å². The first-order valence-corrected chi connectivity index (χ1v) is 11.3. The molecule has 0 saturated heterocycles. The monoisotopic (exact) mass is 462 g/mol. The Kier molecular flexibility index (Phi) is 5.83. The molecule has 5 rings (SSSR count). The molecule has 2 amide bonds. The van der Waals surface area contributed by atoms with Crippen LogP contribution in [0.4, 0.5) is 9.59 Å². The molecule has 2 aliphatic rings. The molecule has 0 atom stereocenters. The van der Waals surface area contributed by atoms with E-state index in [1.165, 1.54) is 17.7 Å². The summed E-state index contributed by atoms with van der Waals surface area (Å²) in [5.74, 6) is 1.62. The van der Waals surface area contributed by atoms with Crippen molar-refractivity contribution in [2.75, 3.05) is 13.7 Å². The quantitative estimate of drug-likeness (QED) is 0.560. The molecule has 1 aromatic heterocycles. The highest BCUT2D eigenvalue weighted by molar-refractivity contribution is 5.87. The van der Waals surface area contributed by atoms with Crippen LogP contribution in [0.2, 0.25) is 0 Å². The van der Waals surface area contributed by atoms with Crippen LogP contribution in [0, 0.1) is 0 Å². The third kappa shape index (κ3) is 4.16. The Morgan fingerprint density at radius 2 is 1.97 bits per heavy atom. The number of benzene rings is 2. The lowest BCUT2D eigenvalue weighted by Crippen LogP contribution is -2.41. The molecule has 0 radical (unpaired) electrons. The van der Waals surface area contributed by atoms with Crippen molar-refractivity contribution in [3.8, 4) is 11.5 Å². The number of ether oxygens (including phenoxy) is 2. The van der Waals surface area contributed by atoms with Gasteiger partial charge in [-0.2, -0.15) is 0 Å². The van der Waals surface area contributed by atoms with Crippen molar-refractivity contribution in [2.45, 2.75) is 38.3 Å². The van der Waals surface area contributed by atoms with Gasteiger partial charge in [-0.05, 0) is 61.1 Å².